The van der Waals surface area contributed by atoms with Crippen LogP contribution in [0.4, 0.5) is 5.69 Å². The molecule has 0 amide bonds. The Morgan fingerprint density at radius 1 is 1.56 bits per heavy atom. The zero-order chi connectivity index (χ0) is 13.3. The van der Waals surface area contributed by atoms with Crippen LogP contribution in [-0.2, 0) is 4.79 Å². The van der Waals surface area contributed by atoms with Crippen molar-refractivity contribution in [1.29, 1.82) is 5.26 Å². The summed E-state index contributed by atoms with van der Waals surface area (Å²) in [5.41, 5.74) is 1.82. The van der Waals surface area contributed by atoms with E-state index < -0.39 is 11.4 Å². The van der Waals surface area contributed by atoms with Crippen molar-refractivity contribution < 1.29 is 9.90 Å². The Kier molecular flexibility index (Phi) is 3.00. The zero-order valence-corrected chi connectivity index (χ0v) is 10.6. The van der Waals surface area contributed by atoms with E-state index in [2.05, 4.69) is 6.07 Å². The highest BCUT2D eigenvalue weighted by Gasteiger charge is 2.40. The van der Waals surface area contributed by atoms with Gasteiger partial charge in [0.1, 0.15) is 6.07 Å². The molecule has 1 N–H and O–H groups in total. The number of carboxylic acids is 1. The average Bonchev–Trinajstić information content (AvgIpc) is 2.73. The molecule has 1 aromatic rings. The van der Waals surface area contributed by atoms with Crippen LogP contribution in [0.1, 0.15) is 24.5 Å². The lowest BCUT2D eigenvalue weighted by Gasteiger charge is -2.23. The molecular formula is C14H16N2O2. The topological polar surface area (TPSA) is 64.3 Å². The first-order valence-corrected chi connectivity index (χ1v) is 5.95. The zero-order valence-electron chi connectivity index (χ0n) is 10.6. The van der Waals surface area contributed by atoms with Gasteiger partial charge in [0.25, 0.3) is 0 Å². The number of carboxylic acid groups (broad SMARTS) is 1. The molecule has 1 aromatic carbocycles. The van der Waals surface area contributed by atoms with Crippen molar-refractivity contribution in [3.63, 3.8) is 0 Å². The first kappa shape index (κ1) is 12.4. The smallest absolute Gasteiger partial charge is 0.311 e. The van der Waals surface area contributed by atoms with E-state index in [0.717, 1.165) is 11.3 Å². The van der Waals surface area contributed by atoms with Crippen LogP contribution < -0.4 is 4.90 Å². The fraction of sp³-hybridized carbons (Fsp3) is 0.429. The SMILES string of the molecule is Cc1ccc(C#N)c(N2CCC(C)(C(=O)O)C2)c1. The summed E-state index contributed by atoms with van der Waals surface area (Å²) < 4.78 is 0. The number of hydrogen-bond donors (Lipinski definition) is 1. The lowest BCUT2D eigenvalue weighted by atomic mass is 9.90. The van der Waals surface area contributed by atoms with E-state index in [4.69, 9.17) is 5.26 Å². The lowest BCUT2D eigenvalue weighted by molar-refractivity contribution is -0.146. The second-order valence-corrected chi connectivity index (χ2v) is 5.17. The van der Waals surface area contributed by atoms with Crippen molar-refractivity contribution >= 4 is 11.7 Å². The summed E-state index contributed by atoms with van der Waals surface area (Å²) >= 11 is 0. The maximum Gasteiger partial charge on any atom is 0.311 e. The summed E-state index contributed by atoms with van der Waals surface area (Å²) in [5.74, 6) is -0.767. The number of anilines is 1. The molecule has 0 radical (unpaired) electrons. The number of hydrogen-bond acceptors (Lipinski definition) is 3. The molecule has 1 saturated heterocycles. The van der Waals surface area contributed by atoms with Crippen molar-refractivity contribution in [2.24, 2.45) is 5.41 Å². The van der Waals surface area contributed by atoms with Gasteiger partial charge < -0.3 is 10.0 Å². The second kappa shape index (κ2) is 4.34. The van der Waals surface area contributed by atoms with Crippen molar-refractivity contribution in [1.82, 2.24) is 0 Å². The van der Waals surface area contributed by atoms with Gasteiger partial charge in [-0.1, -0.05) is 6.07 Å². The maximum absolute atomic E-state index is 11.2. The molecule has 1 unspecified atom stereocenters. The van der Waals surface area contributed by atoms with E-state index in [1.165, 1.54) is 0 Å². The van der Waals surface area contributed by atoms with Gasteiger partial charge in [-0.15, -0.1) is 0 Å². The normalized spacial score (nSPS) is 22.8. The van der Waals surface area contributed by atoms with Crippen molar-refractivity contribution in [3.05, 3.63) is 29.3 Å². The van der Waals surface area contributed by atoms with E-state index >= 15 is 0 Å². The van der Waals surface area contributed by atoms with Crippen molar-refractivity contribution in [2.75, 3.05) is 18.0 Å². The Bertz CT molecular complexity index is 533. The van der Waals surface area contributed by atoms with Crippen LogP contribution in [-0.4, -0.2) is 24.2 Å². The first-order valence-electron chi connectivity index (χ1n) is 5.95. The van der Waals surface area contributed by atoms with Gasteiger partial charge in [0.15, 0.2) is 0 Å². The molecule has 4 heteroatoms. The summed E-state index contributed by atoms with van der Waals surface area (Å²) in [7, 11) is 0. The molecule has 18 heavy (non-hydrogen) atoms. The number of aryl methyl sites for hydroxylation is 1. The Hall–Kier alpha value is -2.02. The third-order valence-corrected chi connectivity index (χ3v) is 3.60. The van der Waals surface area contributed by atoms with Gasteiger partial charge in [-0.3, -0.25) is 4.79 Å². The monoisotopic (exact) mass is 244 g/mol. The summed E-state index contributed by atoms with van der Waals surface area (Å²) in [6.07, 6.45) is 0.612. The predicted octanol–water partition coefficient (Wildman–Crippen LogP) is 2.17. The van der Waals surface area contributed by atoms with Crippen LogP contribution in [0.15, 0.2) is 18.2 Å². The van der Waals surface area contributed by atoms with E-state index in [1.807, 2.05) is 24.0 Å². The van der Waals surface area contributed by atoms with Gasteiger partial charge in [-0.2, -0.15) is 5.26 Å². The molecular weight excluding hydrogens is 228 g/mol. The Balaban J connectivity index is 2.33. The standard InChI is InChI=1S/C14H16N2O2/c1-10-3-4-11(8-15)12(7-10)16-6-5-14(2,9-16)13(17)18/h3-4,7H,5-6,9H2,1-2H3,(H,17,18). The van der Waals surface area contributed by atoms with Gasteiger partial charge in [-0.25, -0.2) is 0 Å². The molecule has 1 heterocycles. The minimum Gasteiger partial charge on any atom is -0.481 e. The highest BCUT2D eigenvalue weighted by atomic mass is 16.4. The van der Waals surface area contributed by atoms with Crippen LogP contribution in [0.25, 0.3) is 0 Å². The van der Waals surface area contributed by atoms with Gasteiger partial charge in [0, 0.05) is 13.1 Å². The van der Waals surface area contributed by atoms with Gasteiger partial charge in [0.05, 0.1) is 16.7 Å². The number of nitriles is 1. The minimum atomic E-state index is -0.767. The summed E-state index contributed by atoms with van der Waals surface area (Å²) in [5, 5.41) is 18.3. The largest absolute Gasteiger partial charge is 0.481 e. The van der Waals surface area contributed by atoms with E-state index in [0.29, 0.717) is 25.1 Å². The van der Waals surface area contributed by atoms with Crippen LogP contribution in [0.2, 0.25) is 0 Å². The number of nitrogens with zero attached hydrogens (tertiary/aromatic N) is 2. The van der Waals surface area contributed by atoms with Crippen LogP contribution >= 0.6 is 0 Å². The second-order valence-electron chi connectivity index (χ2n) is 5.17. The maximum atomic E-state index is 11.2. The highest BCUT2D eigenvalue weighted by Crippen LogP contribution is 2.35. The third-order valence-electron chi connectivity index (χ3n) is 3.60. The van der Waals surface area contributed by atoms with E-state index in [9.17, 15) is 9.90 Å². The summed E-state index contributed by atoms with van der Waals surface area (Å²) in [4.78, 5) is 13.2. The van der Waals surface area contributed by atoms with Gasteiger partial charge in [0.2, 0.25) is 0 Å². The highest BCUT2D eigenvalue weighted by molar-refractivity contribution is 5.77. The quantitative estimate of drug-likeness (QED) is 0.866. The Morgan fingerprint density at radius 2 is 2.28 bits per heavy atom. The minimum absolute atomic E-state index is 0.459. The Labute approximate surface area is 106 Å². The van der Waals surface area contributed by atoms with Gasteiger partial charge in [-0.05, 0) is 38.0 Å². The van der Waals surface area contributed by atoms with Gasteiger partial charge >= 0.3 is 5.97 Å². The molecule has 1 aliphatic rings. The van der Waals surface area contributed by atoms with Crippen molar-refractivity contribution in [2.45, 2.75) is 20.3 Å². The molecule has 0 bridgehead atoms. The first-order chi connectivity index (χ1) is 8.46. The molecule has 0 saturated carbocycles. The molecule has 4 nitrogen and oxygen atoms in total. The fourth-order valence-electron chi connectivity index (χ4n) is 2.34. The van der Waals surface area contributed by atoms with E-state index in [1.54, 1.807) is 13.0 Å². The molecule has 0 spiro atoms. The fourth-order valence-corrected chi connectivity index (χ4v) is 2.34. The Morgan fingerprint density at radius 3 is 2.83 bits per heavy atom. The van der Waals surface area contributed by atoms with Crippen LogP contribution in [0, 0.1) is 23.7 Å². The number of carbonyl (C=O) groups is 1. The predicted molar refractivity (Wildman–Crippen MR) is 68.5 cm³/mol. The molecule has 1 aliphatic heterocycles. The number of aliphatic carboxylic acids is 1. The molecule has 2 rings (SSSR count). The molecule has 0 aromatic heterocycles. The third kappa shape index (κ3) is 2.04. The van der Waals surface area contributed by atoms with Crippen LogP contribution in [0.5, 0.6) is 0 Å². The molecule has 94 valence electrons. The summed E-state index contributed by atoms with van der Waals surface area (Å²) in [6, 6.07) is 7.81. The molecule has 1 fully saturated rings. The number of benzene rings is 1. The van der Waals surface area contributed by atoms with Crippen molar-refractivity contribution in [3.8, 4) is 6.07 Å². The molecule has 0 aliphatic carbocycles. The lowest BCUT2D eigenvalue weighted by Crippen LogP contribution is -2.31. The summed E-state index contributed by atoms with van der Waals surface area (Å²) in [6.45, 7) is 4.87. The molecule has 1 atom stereocenters. The average molecular weight is 244 g/mol. The van der Waals surface area contributed by atoms with E-state index in [-0.39, 0.29) is 0 Å². The van der Waals surface area contributed by atoms with Crippen LogP contribution in [0.3, 0.4) is 0 Å². The number of rotatable bonds is 2.